The molecule has 1 aromatic carbocycles. The molecule has 0 fully saturated rings. The van der Waals surface area contributed by atoms with Crippen LogP contribution in [0, 0.1) is 23.7 Å². The zero-order chi connectivity index (χ0) is 32.1. The van der Waals surface area contributed by atoms with Crippen LogP contribution in [0.2, 0.25) is 0 Å². The molecule has 1 aliphatic heterocycles. The predicted molar refractivity (Wildman–Crippen MR) is 199 cm³/mol. The largest absolute Gasteiger partial charge is 0.289 e. The maximum atomic E-state index is 5.27. The number of dihydropyridines is 1. The molecular formula is C44H50N4. The van der Waals surface area contributed by atoms with Crippen molar-refractivity contribution in [3.63, 3.8) is 0 Å². The standard InChI is InChI=1S/C44H50N4/c1-5-14-32(15-6-1)39-29-41(45-30-40(39)33-16-7-2-8-17-33)34-26-24-31(25-27-34)37-22-13-23-38(28-37)44-47-42(35-18-9-3-10-19-35)46-43(48-44)36-20-11-4-12-21-36/h1,3,5,7,9-11,14,16,18-20,23-24,26,30-31,33-34,36-37,41H,2,4,6,8,12-13,15,17,21-22,25,27-29H2. The summed E-state index contributed by atoms with van der Waals surface area (Å²) >= 11 is 0. The zero-order valence-electron chi connectivity index (χ0n) is 28.4. The summed E-state index contributed by atoms with van der Waals surface area (Å²) in [6.45, 7) is 0. The molecule has 0 amide bonds. The van der Waals surface area contributed by atoms with Crippen LogP contribution in [0.3, 0.4) is 0 Å². The molecule has 4 nitrogen and oxygen atoms in total. The van der Waals surface area contributed by atoms with Gasteiger partial charge in [-0.1, -0.05) is 91.1 Å². The molecule has 2 heterocycles. The van der Waals surface area contributed by atoms with Crippen molar-refractivity contribution in [1.82, 2.24) is 15.0 Å². The molecule has 5 aliphatic carbocycles. The Morgan fingerprint density at radius 1 is 0.625 bits per heavy atom. The van der Waals surface area contributed by atoms with Crippen molar-refractivity contribution in [2.45, 2.75) is 102 Å². The maximum absolute atomic E-state index is 5.27. The zero-order valence-corrected chi connectivity index (χ0v) is 28.4. The van der Waals surface area contributed by atoms with Gasteiger partial charge in [0.2, 0.25) is 0 Å². The van der Waals surface area contributed by atoms with Gasteiger partial charge in [0, 0.05) is 23.6 Å². The minimum absolute atomic E-state index is 0.278. The molecule has 1 aromatic heterocycles. The highest BCUT2D eigenvalue weighted by atomic mass is 15.0. The molecule has 48 heavy (non-hydrogen) atoms. The van der Waals surface area contributed by atoms with E-state index in [1.54, 1.807) is 11.1 Å². The minimum atomic E-state index is 0.278. The second-order valence-corrected chi connectivity index (χ2v) is 14.8. The highest BCUT2D eigenvalue weighted by Gasteiger charge is 2.33. The first-order valence-electron chi connectivity index (χ1n) is 18.9. The highest BCUT2D eigenvalue weighted by molar-refractivity contribution is 5.84. The summed E-state index contributed by atoms with van der Waals surface area (Å²) in [7, 11) is 0. The Hall–Kier alpha value is -3.92. The maximum Gasteiger partial charge on any atom is 0.163 e. The van der Waals surface area contributed by atoms with Gasteiger partial charge < -0.3 is 0 Å². The lowest BCUT2D eigenvalue weighted by atomic mass is 9.72. The van der Waals surface area contributed by atoms with Crippen LogP contribution in [-0.2, 0) is 0 Å². The van der Waals surface area contributed by atoms with Crippen molar-refractivity contribution in [3.8, 4) is 11.4 Å². The predicted octanol–water partition coefficient (Wildman–Crippen LogP) is 10.9. The van der Waals surface area contributed by atoms with Crippen LogP contribution in [0.1, 0.15) is 107 Å². The van der Waals surface area contributed by atoms with E-state index in [-0.39, 0.29) is 5.92 Å². The number of nitrogens with zero attached hydrogens (tertiary/aromatic N) is 4. The average molecular weight is 635 g/mol. The van der Waals surface area contributed by atoms with E-state index in [1.807, 2.05) is 0 Å². The van der Waals surface area contributed by atoms with E-state index in [2.05, 4.69) is 97.3 Å². The van der Waals surface area contributed by atoms with Gasteiger partial charge in [0.05, 0.1) is 6.04 Å². The second-order valence-electron chi connectivity index (χ2n) is 14.8. The fraction of sp³-hybridized carbons (Fsp3) is 0.455. The summed E-state index contributed by atoms with van der Waals surface area (Å²) in [6.07, 6.45) is 42.8. The van der Waals surface area contributed by atoms with Gasteiger partial charge in [0.25, 0.3) is 0 Å². The number of aliphatic imine (C=N–C) groups is 1. The Morgan fingerprint density at radius 3 is 2.17 bits per heavy atom. The summed E-state index contributed by atoms with van der Waals surface area (Å²) in [5.41, 5.74) is 7.04. The molecule has 8 rings (SSSR count). The molecule has 2 aromatic rings. The van der Waals surface area contributed by atoms with Crippen LogP contribution in [0.5, 0.6) is 0 Å². The Balaban J connectivity index is 0.980. The number of aromatic nitrogens is 3. The van der Waals surface area contributed by atoms with Crippen molar-refractivity contribution in [3.05, 3.63) is 119 Å². The topological polar surface area (TPSA) is 51.0 Å². The fourth-order valence-electron chi connectivity index (χ4n) is 8.97. The van der Waals surface area contributed by atoms with Crippen LogP contribution < -0.4 is 0 Å². The molecule has 0 N–H and O–H groups in total. The van der Waals surface area contributed by atoms with E-state index < -0.39 is 0 Å². The van der Waals surface area contributed by atoms with E-state index in [0.29, 0.717) is 29.7 Å². The lowest BCUT2D eigenvalue weighted by Gasteiger charge is -2.36. The summed E-state index contributed by atoms with van der Waals surface area (Å²) in [6, 6.07) is 10.8. The van der Waals surface area contributed by atoms with Gasteiger partial charge in [0.15, 0.2) is 11.6 Å². The summed E-state index contributed by atoms with van der Waals surface area (Å²) in [5, 5.41) is 0. The third-order valence-electron chi connectivity index (χ3n) is 11.7. The SMILES string of the molecule is C1=CCCC(C2=C(C3C=CCCC3)C=NC(C3C=CC(C4CCC=C(c5nc(-c6ccccc6)nc(C6C=CCCC6)n5)C4)CC3)C2)=C1. The molecule has 0 bridgehead atoms. The van der Waals surface area contributed by atoms with Crippen molar-refractivity contribution < 1.29 is 0 Å². The Kier molecular flexibility index (Phi) is 9.59. The molecule has 0 radical (unpaired) electrons. The molecule has 4 heteroatoms. The fourth-order valence-corrected chi connectivity index (χ4v) is 8.97. The van der Waals surface area contributed by atoms with Gasteiger partial charge in [-0.15, -0.1) is 0 Å². The Morgan fingerprint density at radius 2 is 1.42 bits per heavy atom. The number of allylic oxidation sites excluding steroid dienone is 12. The smallest absolute Gasteiger partial charge is 0.163 e. The molecule has 246 valence electrons. The summed E-state index contributed by atoms with van der Waals surface area (Å²) in [4.78, 5) is 20.5. The first-order chi connectivity index (χ1) is 23.8. The van der Waals surface area contributed by atoms with Crippen molar-refractivity contribution in [2.75, 3.05) is 0 Å². The average Bonchev–Trinajstić information content (AvgIpc) is 3.19. The molecule has 6 unspecified atom stereocenters. The van der Waals surface area contributed by atoms with E-state index in [9.17, 15) is 0 Å². The summed E-state index contributed by atoms with van der Waals surface area (Å²) < 4.78 is 0. The third kappa shape index (κ3) is 6.95. The lowest BCUT2D eigenvalue weighted by molar-refractivity contribution is 0.302. The lowest BCUT2D eigenvalue weighted by Crippen LogP contribution is -2.28. The van der Waals surface area contributed by atoms with Gasteiger partial charge in [-0.3, -0.25) is 4.99 Å². The van der Waals surface area contributed by atoms with Gasteiger partial charge >= 0.3 is 0 Å². The first kappa shape index (κ1) is 31.4. The molecule has 0 saturated carbocycles. The van der Waals surface area contributed by atoms with E-state index in [1.165, 1.54) is 62.5 Å². The van der Waals surface area contributed by atoms with E-state index >= 15 is 0 Å². The number of hydrogen-bond acceptors (Lipinski definition) is 4. The first-order valence-corrected chi connectivity index (χ1v) is 18.9. The van der Waals surface area contributed by atoms with Crippen molar-refractivity contribution >= 4 is 11.8 Å². The third-order valence-corrected chi connectivity index (χ3v) is 11.7. The van der Waals surface area contributed by atoms with Gasteiger partial charge in [-0.05, 0) is 130 Å². The van der Waals surface area contributed by atoms with Crippen LogP contribution in [0.4, 0.5) is 0 Å². The molecule has 6 atom stereocenters. The number of hydrogen-bond donors (Lipinski definition) is 0. The van der Waals surface area contributed by atoms with Crippen LogP contribution in [-0.4, -0.2) is 27.2 Å². The normalized spacial score (nSPS) is 30.3. The molecule has 0 spiro atoms. The van der Waals surface area contributed by atoms with E-state index in [4.69, 9.17) is 19.9 Å². The summed E-state index contributed by atoms with van der Waals surface area (Å²) in [5.74, 6) is 5.21. The molecule has 6 aliphatic rings. The van der Waals surface area contributed by atoms with Crippen molar-refractivity contribution in [2.24, 2.45) is 28.7 Å². The Bertz CT molecular complexity index is 1720. The number of benzene rings is 1. The quantitative estimate of drug-likeness (QED) is 0.285. The second kappa shape index (κ2) is 14.7. The van der Waals surface area contributed by atoms with Crippen LogP contribution in [0.25, 0.3) is 17.0 Å². The van der Waals surface area contributed by atoms with Crippen LogP contribution >= 0.6 is 0 Å². The molecular weight excluding hydrogens is 585 g/mol. The van der Waals surface area contributed by atoms with Gasteiger partial charge in [-0.25, -0.2) is 15.0 Å². The van der Waals surface area contributed by atoms with Crippen LogP contribution in [0.15, 0.2) is 113 Å². The highest BCUT2D eigenvalue weighted by Crippen LogP contribution is 2.43. The monoisotopic (exact) mass is 634 g/mol. The number of rotatable bonds is 7. The Labute approximate surface area is 287 Å². The van der Waals surface area contributed by atoms with Gasteiger partial charge in [0.1, 0.15) is 5.82 Å². The van der Waals surface area contributed by atoms with Gasteiger partial charge in [-0.2, -0.15) is 0 Å². The van der Waals surface area contributed by atoms with E-state index in [0.717, 1.165) is 61.6 Å². The van der Waals surface area contributed by atoms with Crippen molar-refractivity contribution in [1.29, 1.82) is 0 Å². The minimum Gasteiger partial charge on any atom is -0.289 e. The molecule has 0 saturated heterocycles.